The molecule has 130 valence electrons. The van der Waals surface area contributed by atoms with E-state index in [9.17, 15) is 4.79 Å². The molecule has 0 atom stereocenters. The topological polar surface area (TPSA) is 53.5 Å². The molecule has 3 aromatic rings. The SMILES string of the molecule is O=C(/C(=N/Nc1ccc(Cl)cc1)Nc1ccccc1Cl)c1ccccc1. The van der Waals surface area contributed by atoms with Crippen LogP contribution in [0.5, 0.6) is 0 Å². The highest BCUT2D eigenvalue weighted by molar-refractivity contribution is 6.49. The first-order valence-corrected chi connectivity index (χ1v) is 8.59. The van der Waals surface area contributed by atoms with E-state index < -0.39 is 0 Å². The van der Waals surface area contributed by atoms with E-state index in [4.69, 9.17) is 23.2 Å². The molecule has 0 amide bonds. The van der Waals surface area contributed by atoms with Gasteiger partial charge in [-0.1, -0.05) is 65.7 Å². The van der Waals surface area contributed by atoms with Gasteiger partial charge in [0.1, 0.15) is 0 Å². The Labute approximate surface area is 161 Å². The van der Waals surface area contributed by atoms with Gasteiger partial charge in [-0.2, -0.15) is 5.10 Å². The quantitative estimate of drug-likeness (QED) is 0.256. The lowest BCUT2D eigenvalue weighted by Gasteiger charge is -2.11. The zero-order valence-electron chi connectivity index (χ0n) is 13.6. The van der Waals surface area contributed by atoms with Crippen LogP contribution in [0.2, 0.25) is 10.0 Å². The molecule has 0 bridgehead atoms. The third-order valence-electron chi connectivity index (χ3n) is 3.52. The van der Waals surface area contributed by atoms with E-state index in [1.54, 1.807) is 60.7 Å². The second-order valence-corrected chi connectivity index (χ2v) is 6.22. The van der Waals surface area contributed by atoms with Gasteiger partial charge >= 0.3 is 0 Å². The van der Waals surface area contributed by atoms with Crippen molar-refractivity contribution in [1.82, 2.24) is 0 Å². The maximum atomic E-state index is 12.8. The molecule has 3 aromatic carbocycles. The molecule has 0 spiro atoms. The van der Waals surface area contributed by atoms with Crippen LogP contribution < -0.4 is 10.7 Å². The van der Waals surface area contributed by atoms with Crippen LogP contribution >= 0.6 is 23.2 Å². The van der Waals surface area contributed by atoms with E-state index in [0.717, 1.165) is 0 Å². The second kappa shape index (κ2) is 8.52. The second-order valence-electron chi connectivity index (χ2n) is 5.38. The van der Waals surface area contributed by atoms with Gasteiger partial charge in [-0.3, -0.25) is 10.2 Å². The summed E-state index contributed by atoms with van der Waals surface area (Å²) < 4.78 is 0. The van der Waals surface area contributed by atoms with Crippen molar-refractivity contribution in [3.63, 3.8) is 0 Å². The smallest absolute Gasteiger partial charge is 0.230 e. The Morgan fingerprint density at radius 2 is 1.46 bits per heavy atom. The van der Waals surface area contributed by atoms with E-state index in [1.807, 2.05) is 18.2 Å². The van der Waals surface area contributed by atoms with Crippen LogP contribution in [0.4, 0.5) is 11.4 Å². The number of ketones is 1. The van der Waals surface area contributed by atoms with Gasteiger partial charge in [-0.15, -0.1) is 0 Å². The van der Waals surface area contributed by atoms with E-state index in [2.05, 4.69) is 15.8 Å². The minimum Gasteiger partial charge on any atom is -0.334 e. The number of benzene rings is 3. The van der Waals surface area contributed by atoms with Crippen molar-refractivity contribution < 1.29 is 4.79 Å². The minimum atomic E-state index is -0.257. The number of nitrogens with zero attached hydrogens (tertiary/aromatic N) is 1. The maximum Gasteiger partial charge on any atom is 0.230 e. The molecule has 0 heterocycles. The Morgan fingerprint density at radius 1 is 0.808 bits per heavy atom. The number of carbonyl (C=O) groups excluding carboxylic acids is 1. The van der Waals surface area contributed by atoms with Gasteiger partial charge in [0.25, 0.3) is 0 Å². The molecular weight excluding hydrogens is 369 g/mol. The lowest BCUT2D eigenvalue weighted by molar-refractivity contribution is 0.106. The number of para-hydroxylation sites is 1. The van der Waals surface area contributed by atoms with E-state index in [-0.39, 0.29) is 11.6 Å². The first-order valence-electron chi connectivity index (χ1n) is 7.84. The Hall–Kier alpha value is -2.82. The highest BCUT2D eigenvalue weighted by Gasteiger charge is 2.15. The van der Waals surface area contributed by atoms with Gasteiger partial charge in [0.15, 0.2) is 5.84 Å². The van der Waals surface area contributed by atoms with Crippen molar-refractivity contribution in [2.75, 3.05) is 10.7 Å². The molecule has 6 heteroatoms. The molecule has 4 nitrogen and oxygen atoms in total. The molecule has 0 aliphatic rings. The normalized spacial score (nSPS) is 11.1. The summed E-state index contributed by atoms with van der Waals surface area (Å²) in [6.07, 6.45) is 0. The summed E-state index contributed by atoms with van der Waals surface area (Å²) in [5.41, 5.74) is 4.68. The highest BCUT2D eigenvalue weighted by atomic mass is 35.5. The van der Waals surface area contributed by atoms with Crippen LogP contribution in [0.1, 0.15) is 10.4 Å². The van der Waals surface area contributed by atoms with Crippen molar-refractivity contribution in [2.24, 2.45) is 5.10 Å². The summed E-state index contributed by atoms with van der Waals surface area (Å²) in [5, 5.41) is 8.36. The molecule has 0 aromatic heterocycles. The number of hydrogen-bond donors (Lipinski definition) is 2. The molecule has 2 N–H and O–H groups in total. The van der Waals surface area contributed by atoms with Gasteiger partial charge in [0.2, 0.25) is 5.78 Å². The number of rotatable bonds is 5. The lowest BCUT2D eigenvalue weighted by atomic mass is 10.1. The molecule has 0 aliphatic heterocycles. The number of Topliss-reactive ketones (excluding diaryl/α,β-unsaturated/α-hetero) is 1. The lowest BCUT2D eigenvalue weighted by Crippen LogP contribution is -2.25. The van der Waals surface area contributed by atoms with Crippen LogP contribution in [-0.4, -0.2) is 11.6 Å². The maximum absolute atomic E-state index is 12.8. The fourth-order valence-electron chi connectivity index (χ4n) is 2.20. The summed E-state index contributed by atoms with van der Waals surface area (Å²) in [6.45, 7) is 0. The Balaban J connectivity index is 1.90. The number of anilines is 2. The zero-order chi connectivity index (χ0) is 18.4. The molecule has 26 heavy (non-hydrogen) atoms. The fraction of sp³-hybridized carbons (Fsp3) is 0. The molecule has 3 rings (SSSR count). The minimum absolute atomic E-state index is 0.124. The number of amidine groups is 1. The first kappa shape index (κ1) is 18.0. The molecule has 0 saturated carbocycles. The van der Waals surface area contributed by atoms with Crippen LogP contribution in [0, 0.1) is 0 Å². The van der Waals surface area contributed by atoms with Crippen LogP contribution in [-0.2, 0) is 0 Å². The summed E-state index contributed by atoms with van der Waals surface area (Å²) in [6, 6.07) is 23.1. The van der Waals surface area contributed by atoms with Gasteiger partial charge < -0.3 is 5.32 Å². The standard InChI is InChI=1S/C20H15Cl2N3O/c21-15-10-12-16(13-11-15)24-25-20(19(26)14-6-2-1-3-7-14)23-18-9-5-4-8-17(18)22/h1-13,24H,(H,23,25). The monoisotopic (exact) mass is 383 g/mol. The summed E-state index contributed by atoms with van der Waals surface area (Å²) in [5.74, 6) is -0.133. The first-order chi connectivity index (χ1) is 12.6. The molecular formula is C20H15Cl2N3O. The van der Waals surface area contributed by atoms with Crippen LogP contribution in [0.15, 0.2) is 84.0 Å². The van der Waals surface area contributed by atoms with Gasteiger partial charge in [0.05, 0.1) is 16.4 Å². The average Bonchev–Trinajstić information content (AvgIpc) is 2.68. The zero-order valence-corrected chi connectivity index (χ0v) is 15.1. The molecule has 0 saturated heterocycles. The molecule has 0 radical (unpaired) electrons. The summed E-state index contributed by atoms with van der Waals surface area (Å²) in [7, 11) is 0. The van der Waals surface area contributed by atoms with Gasteiger partial charge in [-0.25, -0.2) is 0 Å². The number of hydrazone groups is 1. The summed E-state index contributed by atoms with van der Waals surface area (Å²) in [4.78, 5) is 12.8. The van der Waals surface area contributed by atoms with Crippen molar-refractivity contribution in [3.05, 3.63) is 94.5 Å². The molecule has 0 fully saturated rings. The van der Waals surface area contributed by atoms with Crippen molar-refractivity contribution in [3.8, 4) is 0 Å². The predicted octanol–water partition coefficient (Wildman–Crippen LogP) is 5.71. The number of halogens is 2. The van der Waals surface area contributed by atoms with Crippen molar-refractivity contribution >= 4 is 46.2 Å². The van der Waals surface area contributed by atoms with E-state index in [0.29, 0.717) is 27.0 Å². The number of nitrogens with one attached hydrogen (secondary N) is 2. The Morgan fingerprint density at radius 3 is 2.15 bits per heavy atom. The average molecular weight is 384 g/mol. The van der Waals surface area contributed by atoms with Gasteiger partial charge in [0, 0.05) is 10.6 Å². The summed E-state index contributed by atoms with van der Waals surface area (Å²) >= 11 is 12.1. The Kier molecular flexibility index (Phi) is 5.89. The third kappa shape index (κ3) is 4.63. The predicted molar refractivity (Wildman–Crippen MR) is 108 cm³/mol. The van der Waals surface area contributed by atoms with E-state index in [1.165, 1.54) is 0 Å². The van der Waals surface area contributed by atoms with Gasteiger partial charge in [-0.05, 0) is 36.4 Å². The highest BCUT2D eigenvalue weighted by Crippen LogP contribution is 2.21. The largest absolute Gasteiger partial charge is 0.334 e. The van der Waals surface area contributed by atoms with Crippen LogP contribution in [0.3, 0.4) is 0 Å². The molecule has 0 aliphatic carbocycles. The molecule has 0 unspecified atom stereocenters. The van der Waals surface area contributed by atoms with Crippen molar-refractivity contribution in [2.45, 2.75) is 0 Å². The van der Waals surface area contributed by atoms with E-state index >= 15 is 0 Å². The number of carbonyl (C=O) groups is 1. The fourth-order valence-corrected chi connectivity index (χ4v) is 2.51. The third-order valence-corrected chi connectivity index (χ3v) is 4.10. The van der Waals surface area contributed by atoms with Crippen LogP contribution in [0.25, 0.3) is 0 Å². The Bertz CT molecular complexity index is 925. The number of hydrogen-bond acceptors (Lipinski definition) is 3. The van der Waals surface area contributed by atoms with Crippen molar-refractivity contribution in [1.29, 1.82) is 0 Å².